The molecule has 2 aromatic heterocycles. The number of carbonyl (C=O) groups excluding carboxylic acids is 1. The molecule has 3 aromatic rings. The Kier molecular flexibility index (Phi) is 5.14. The first-order valence-electron chi connectivity index (χ1n) is 9.31. The van der Waals surface area contributed by atoms with Gasteiger partial charge in [-0.15, -0.1) is 10.2 Å². The van der Waals surface area contributed by atoms with Crippen LogP contribution < -0.4 is 4.90 Å². The highest BCUT2D eigenvalue weighted by Crippen LogP contribution is 2.15. The molecule has 0 spiro atoms. The molecule has 3 heterocycles. The van der Waals surface area contributed by atoms with Gasteiger partial charge in [0.05, 0.1) is 6.20 Å². The molecule has 0 unspecified atom stereocenters. The third-order valence-corrected chi connectivity index (χ3v) is 4.72. The van der Waals surface area contributed by atoms with Crippen molar-refractivity contribution in [3.8, 4) is 5.82 Å². The van der Waals surface area contributed by atoms with E-state index in [0.717, 1.165) is 30.0 Å². The van der Waals surface area contributed by atoms with Gasteiger partial charge in [-0.2, -0.15) is 5.10 Å². The van der Waals surface area contributed by atoms with Crippen LogP contribution in [0.15, 0.2) is 60.9 Å². The summed E-state index contributed by atoms with van der Waals surface area (Å²) in [5, 5.41) is 12.9. The number of carbonyl (C=O) groups is 1. The van der Waals surface area contributed by atoms with E-state index >= 15 is 0 Å². The second-order valence-electron chi connectivity index (χ2n) is 6.77. The number of rotatable bonds is 4. The van der Waals surface area contributed by atoms with Gasteiger partial charge in [-0.1, -0.05) is 30.3 Å². The summed E-state index contributed by atoms with van der Waals surface area (Å²) in [5.41, 5.74) is 2.10. The second kappa shape index (κ2) is 8.04. The average molecular weight is 374 g/mol. The number of amides is 1. The fourth-order valence-corrected chi connectivity index (χ4v) is 3.14. The number of hydrogen-bond donors (Lipinski definition) is 0. The molecule has 28 heavy (non-hydrogen) atoms. The Morgan fingerprint density at radius 2 is 1.68 bits per heavy atom. The van der Waals surface area contributed by atoms with Gasteiger partial charge in [0.1, 0.15) is 0 Å². The van der Waals surface area contributed by atoms with Crippen LogP contribution in [-0.2, 0) is 4.79 Å². The molecule has 1 aliphatic heterocycles. The van der Waals surface area contributed by atoms with Gasteiger partial charge in [-0.25, -0.2) is 4.68 Å². The number of piperazine rings is 1. The van der Waals surface area contributed by atoms with Gasteiger partial charge in [0.2, 0.25) is 5.91 Å². The van der Waals surface area contributed by atoms with Crippen LogP contribution in [0.25, 0.3) is 11.9 Å². The van der Waals surface area contributed by atoms with Crippen LogP contribution in [0.5, 0.6) is 0 Å². The Balaban J connectivity index is 1.33. The summed E-state index contributed by atoms with van der Waals surface area (Å²) in [6.07, 6.45) is 7.21. The standard InChI is InChI=1S/C21H22N6O/c1-17-15-22-27(16-17)20-9-8-19(23-24-20)25-11-13-26(14-12-25)21(28)10-7-18-5-3-2-4-6-18/h2-10,15-16H,11-14H2,1H3/b10-7+. The second-order valence-corrected chi connectivity index (χ2v) is 6.77. The maximum Gasteiger partial charge on any atom is 0.246 e. The first-order valence-corrected chi connectivity index (χ1v) is 9.31. The minimum Gasteiger partial charge on any atom is -0.352 e. The normalized spacial score (nSPS) is 14.6. The third kappa shape index (κ3) is 4.09. The van der Waals surface area contributed by atoms with E-state index in [2.05, 4.69) is 20.2 Å². The Morgan fingerprint density at radius 3 is 2.32 bits per heavy atom. The number of aryl methyl sites for hydroxylation is 1. The van der Waals surface area contributed by atoms with E-state index in [4.69, 9.17) is 0 Å². The van der Waals surface area contributed by atoms with Crippen LogP contribution >= 0.6 is 0 Å². The summed E-state index contributed by atoms with van der Waals surface area (Å²) in [6.45, 7) is 4.79. The average Bonchev–Trinajstić information content (AvgIpc) is 3.19. The van der Waals surface area contributed by atoms with Crippen molar-refractivity contribution in [3.05, 3.63) is 72.1 Å². The quantitative estimate of drug-likeness (QED) is 0.656. The fourth-order valence-electron chi connectivity index (χ4n) is 3.14. The van der Waals surface area contributed by atoms with Crippen molar-refractivity contribution in [2.75, 3.05) is 31.1 Å². The van der Waals surface area contributed by atoms with E-state index in [9.17, 15) is 4.79 Å². The number of hydrogen-bond acceptors (Lipinski definition) is 5. The molecule has 7 nitrogen and oxygen atoms in total. The van der Waals surface area contributed by atoms with E-state index in [0.29, 0.717) is 18.9 Å². The van der Waals surface area contributed by atoms with Crippen LogP contribution in [0.3, 0.4) is 0 Å². The molecule has 0 radical (unpaired) electrons. The minimum absolute atomic E-state index is 0.0407. The topological polar surface area (TPSA) is 67.2 Å². The predicted molar refractivity (Wildman–Crippen MR) is 108 cm³/mol. The molecule has 4 rings (SSSR count). The van der Waals surface area contributed by atoms with Gasteiger partial charge >= 0.3 is 0 Å². The molecule has 7 heteroatoms. The lowest BCUT2D eigenvalue weighted by molar-refractivity contribution is -0.126. The summed E-state index contributed by atoms with van der Waals surface area (Å²) in [4.78, 5) is 16.4. The lowest BCUT2D eigenvalue weighted by Crippen LogP contribution is -2.48. The van der Waals surface area contributed by atoms with Gasteiger partial charge in [-0.3, -0.25) is 4.79 Å². The van der Waals surface area contributed by atoms with Crippen molar-refractivity contribution in [2.45, 2.75) is 6.92 Å². The van der Waals surface area contributed by atoms with E-state index in [1.807, 2.05) is 66.6 Å². The third-order valence-electron chi connectivity index (χ3n) is 4.72. The number of nitrogens with zero attached hydrogens (tertiary/aromatic N) is 6. The highest BCUT2D eigenvalue weighted by atomic mass is 16.2. The van der Waals surface area contributed by atoms with Crippen LogP contribution in [0.1, 0.15) is 11.1 Å². The lowest BCUT2D eigenvalue weighted by atomic mass is 10.2. The zero-order chi connectivity index (χ0) is 19.3. The van der Waals surface area contributed by atoms with E-state index in [1.165, 1.54) is 0 Å². The van der Waals surface area contributed by atoms with Crippen LogP contribution in [0, 0.1) is 6.92 Å². The number of aromatic nitrogens is 4. The molecule has 0 atom stereocenters. The summed E-state index contributed by atoms with van der Waals surface area (Å²) in [7, 11) is 0. The lowest BCUT2D eigenvalue weighted by Gasteiger charge is -2.34. The molecule has 142 valence electrons. The van der Waals surface area contributed by atoms with Crippen molar-refractivity contribution < 1.29 is 4.79 Å². The molecule has 1 amide bonds. The van der Waals surface area contributed by atoms with Crippen LogP contribution in [0.2, 0.25) is 0 Å². The Bertz CT molecular complexity index is 956. The Hall–Kier alpha value is -3.48. The molecular weight excluding hydrogens is 352 g/mol. The molecular formula is C21H22N6O. The summed E-state index contributed by atoms with van der Waals surface area (Å²) in [5.74, 6) is 1.55. The SMILES string of the molecule is Cc1cnn(-c2ccc(N3CCN(C(=O)/C=C/c4ccccc4)CC3)nn2)c1. The van der Waals surface area contributed by atoms with E-state index < -0.39 is 0 Å². The fraction of sp³-hybridized carbons (Fsp3) is 0.238. The summed E-state index contributed by atoms with van der Waals surface area (Å²) >= 11 is 0. The summed E-state index contributed by atoms with van der Waals surface area (Å²) in [6, 6.07) is 13.7. The van der Waals surface area contributed by atoms with Crippen molar-refractivity contribution >= 4 is 17.8 Å². The molecule has 0 bridgehead atoms. The number of benzene rings is 1. The van der Waals surface area contributed by atoms with Crippen molar-refractivity contribution in [2.24, 2.45) is 0 Å². The molecule has 1 aromatic carbocycles. The molecule has 0 aliphatic carbocycles. The first kappa shape index (κ1) is 17.9. The first-order chi connectivity index (χ1) is 13.7. The van der Waals surface area contributed by atoms with Crippen molar-refractivity contribution in [1.82, 2.24) is 24.9 Å². The van der Waals surface area contributed by atoms with Crippen LogP contribution in [0.4, 0.5) is 5.82 Å². The van der Waals surface area contributed by atoms with Crippen molar-refractivity contribution in [1.29, 1.82) is 0 Å². The summed E-state index contributed by atoms with van der Waals surface area (Å²) < 4.78 is 1.71. The van der Waals surface area contributed by atoms with Gasteiger partial charge in [0.15, 0.2) is 11.6 Å². The number of anilines is 1. The zero-order valence-corrected chi connectivity index (χ0v) is 15.8. The maximum absolute atomic E-state index is 12.4. The molecule has 0 saturated carbocycles. The van der Waals surface area contributed by atoms with Gasteiger partial charge in [0.25, 0.3) is 0 Å². The van der Waals surface area contributed by atoms with Gasteiger partial charge in [0, 0.05) is 38.5 Å². The smallest absolute Gasteiger partial charge is 0.246 e. The Morgan fingerprint density at radius 1 is 0.964 bits per heavy atom. The molecule has 1 fully saturated rings. The molecule has 1 aliphatic rings. The van der Waals surface area contributed by atoms with E-state index in [1.54, 1.807) is 17.0 Å². The molecule has 0 N–H and O–H groups in total. The predicted octanol–water partition coefficient (Wildman–Crippen LogP) is 2.33. The van der Waals surface area contributed by atoms with Gasteiger partial charge in [-0.05, 0) is 36.3 Å². The largest absolute Gasteiger partial charge is 0.352 e. The highest BCUT2D eigenvalue weighted by molar-refractivity contribution is 5.91. The monoisotopic (exact) mass is 374 g/mol. The minimum atomic E-state index is 0.0407. The highest BCUT2D eigenvalue weighted by Gasteiger charge is 2.20. The zero-order valence-electron chi connectivity index (χ0n) is 15.8. The maximum atomic E-state index is 12.4. The van der Waals surface area contributed by atoms with Crippen molar-refractivity contribution in [3.63, 3.8) is 0 Å². The van der Waals surface area contributed by atoms with Gasteiger partial charge < -0.3 is 9.80 Å². The van der Waals surface area contributed by atoms with Crippen LogP contribution in [-0.4, -0.2) is 57.0 Å². The Labute approximate surface area is 163 Å². The van der Waals surface area contributed by atoms with E-state index in [-0.39, 0.29) is 5.91 Å². The molecule has 1 saturated heterocycles.